The molecule has 18 heteroatoms. The summed E-state index contributed by atoms with van der Waals surface area (Å²) in [4.78, 5) is 78.4. The highest BCUT2D eigenvalue weighted by Gasteiger charge is 2.30. The Hall–Kier alpha value is -0.360. The molecular formula is C31H30I6N4O8. The average molecular weight is 1350 g/mol. The number of carbonyl (C=O) groups is 6. The Morgan fingerprint density at radius 2 is 0.939 bits per heavy atom. The second kappa shape index (κ2) is 18.6. The van der Waals surface area contributed by atoms with Crippen LogP contribution in [0.25, 0.3) is 0 Å². The Balaban J connectivity index is 1.36. The van der Waals surface area contributed by atoms with Gasteiger partial charge in [-0.15, -0.1) is 0 Å². The van der Waals surface area contributed by atoms with E-state index >= 15 is 0 Å². The van der Waals surface area contributed by atoms with Crippen molar-refractivity contribution in [3.63, 3.8) is 0 Å². The van der Waals surface area contributed by atoms with Gasteiger partial charge in [-0.3, -0.25) is 19.2 Å². The summed E-state index contributed by atoms with van der Waals surface area (Å²) in [5.74, 6) is -2.74. The predicted molar refractivity (Wildman–Crippen MR) is 233 cm³/mol. The van der Waals surface area contributed by atoms with Gasteiger partial charge in [0.15, 0.2) is 0 Å². The van der Waals surface area contributed by atoms with Gasteiger partial charge in [-0.2, -0.15) is 0 Å². The third kappa shape index (κ3) is 10.00. The number of rotatable bonds is 14. The summed E-state index contributed by atoms with van der Waals surface area (Å²) in [6.45, 7) is 1.75. The molecule has 0 atom stereocenters. The highest BCUT2D eigenvalue weighted by Crippen LogP contribution is 2.38. The molecule has 12 nitrogen and oxygen atoms in total. The Morgan fingerprint density at radius 1 is 0.571 bits per heavy atom. The van der Waals surface area contributed by atoms with Crippen molar-refractivity contribution < 1.29 is 39.0 Å². The highest BCUT2D eigenvalue weighted by molar-refractivity contribution is 14.1. The molecule has 2 aliphatic heterocycles. The van der Waals surface area contributed by atoms with Gasteiger partial charge in [-0.1, -0.05) is 6.42 Å². The zero-order valence-electron chi connectivity index (χ0n) is 25.7. The third-order valence-corrected chi connectivity index (χ3v) is 15.0. The molecule has 2 aliphatic rings. The fraction of sp³-hybridized carbons (Fsp3) is 0.419. The van der Waals surface area contributed by atoms with Crippen LogP contribution in [0.2, 0.25) is 0 Å². The van der Waals surface area contributed by atoms with Gasteiger partial charge in [0.2, 0.25) is 23.6 Å². The van der Waals surface area contributed by atoms with Crippen LogP contribution < -0.4 is 10.6 Å². The Bertz CT molecular complexity index is 1610. The van der Waals surface area contributed by atoms with E-state index in [2.05, 4.69) is 55.8 Å². The largest absolute Gasteiger partial charge is 0.478 e. The zero-order chi connectivity index (χ0) is 36.2. The second-order valence-corrected chi connectivity index (χ2v) is 17.9. The van der Waals surface area contributed by atoms with Gasteiger partial charge < -0.3 is 30.6 Å². The number of hydrogen-bond acceptors (Lipinski definition) is 6. The van der Waals surface area contributed by atoms with Crippen molar-refractivity contribution in [2.45, 2.75) is 70.9 Å². The minimum absolute atomic E-state index is 0.0225. The predicted octanol–water partition coefficient (Wildman–Crippen LogP) is 7.48. The number of benzene rings is 2. The maximum Gasteiger partial charge on any atom is 0.337 e. The highest BCUT2D eigenvalue weighted by atomic mass is 127. The van der Waals surface area contributed by atoms with E-state index in [0.29, 0.717) is 89.1 Å². The molecule has 0 saturated carbocycles. The van der Waals surface area contributed by atoms with E-state index in [1.807, 2.05) is 90.4 Å². The van der Waals surface area contributed by atoms with Gasteiger partial charge in [-0.25, -0.2) is 9.59 Å². The van der Waals surface area contributed by atoms with E-state index in [-0.39, 0.29) is 60.7 Å². The van der Waals surface area contributed by atoms with Crippen LogP contribution in [-0.2, 0) is 32.3 Å². The molecule has 0 unspecified atom stereocenters. The molecule has 49 heavy (non-hydrogen) atoms. The summed E-state index contributed by atoms with van der Waals surface area (Å²) in [5.41, 5.74) is 2.41. The first kappa shape index (κ1) is 41.4. The maximum absolute atomic E-state index is 13.0. The number of hydrogen-bond donors (Lipinski definition) is 4. The molecule has 0 spiro atoms. The molecular weight excluding hydrogens is 1320 g/mol. The third-order valence-electron chi connectivity index (χ3n) is 8.12. The number of likely N-dealkylation sites (tertiary alicyclic amines) is 2. The lowest BCUT2D eigenvalue weighted by atomic mass is 10.1. The number of carboxylic acid groups (broad SMARTS) is 2. The van der Waals surface area contributed by atoms with Crippen LogP contribution in [0.1, 0.15) is 89.6 Å². The summed E-state index contributed by atoms with van der Waals surface area (Å²) in [7, 11) is 0. The number of unbranched alkanes of at least 4 members (excludes halogenated alkanes) is 2. The molecule has 0 bridgehead atoms. The summed E-state index contributed by atoms with van der Waals surface area (Å²) in [6.07, 6.45) is 4.33. The van der Waals surface area contributed by atoms with Crippen LogP contribution >= 0.6 is 136 Å². The molecule has 2 aromatic rings. The number of amides is 4. The van der Waals surface area contributed by atoms with Gasteiger partial charge in [0.05, 0.1) is 29.6 Å². The Labute approximate surface area is 364 Å². The van der Waals surface area contributed by atoms with E-state index in [4.69, 9.17) is 0 Å². The Kier molecular flexibility index (Phi) is 15.7. The van der Waals surface area contributed by atoms with E-state index in [1.165, 1.54) is 0 Å². The molecule has 0 aliphatic carbocycles. The van der Waals surface area contributed by atoms with Crippen LogP contribution in [0.5, 0.6) is 0 Å². The molecule has 2 saturated heterocycles. The average Bonchev–Trinajstić information content (AvgIpc) is 3.63. The molecule has 4 rings (SSSR count). The minimum Gasteiger partial charge on any atom is -0.478 e. The van der Waals surface area contributed by atoms with Crippen molar-refractivity contribution >= 4 is 182 Å². The Morgan fingerprint density at radius 3 is 1.24 bits per heavy atom. The van der Waals surface area contributed by atoms with Gasteiger partial charge in [0.25, 0.3) is 0 Å². The van der Waals surface area contributed by atoms with Gasteiger partial charge >= 0.3 is 11.9 Å². The molecule has 4 amide bonds. The first-order valence-electron chi connectivity index (χ1n) is 15.1. The van der Waals surface area contributed by atoms with Crippen molar-refractivity contribution in [1.82, 2.24) is 9.80 Å². The van der Waals surface area contributed by atoms with Crippen molar-refractivity contribution in [3.8, 4) is 0 Å². The monoisotopic (exact) mass is 1350 g/mol. The van der Waals surface area contributed by atoms with Gasteiger partial charge in [0, 0.05) is 77.3 Å². The minimum atomic E-state index is -1.11. The van der Waals surface area contributed by atoms with E-state index in [1.54, 1.807) is 9.80 Å². The molecule has 2 heterocycles. The summed E-state index contributed by atoms with van der Waals surface area (Å²) < 4.78 is 3.32. The standard InChI is InChI=1S/C31H30I6N4O8/c32-22-14(12-40-10-4-8-18(40)44)24(34)28(26(36)20(22)30(46)47)38-16(42)6-2-1-3-7-17(43)39-29-25(35)15(13-41-11-5-9-19(41)45)23(33)21(27(29)37)31(48)49/h1-13H2,(H,38,42)(H,39,43)(H,46,47)(H,48,49). The molecule has 4 N–H and O–H groups in total. The number of carboxylic acids is 2. The summed E-state index contributed by atoms with van der Waals surface area (Å²) >= 11 is 12.1. The first-order chi connectivity index (χ1) is 23.1. The number of carbonyl (C=O) groups excluding carboxylic acids is 4. The van der Waals surface area contributed by atoms with E-state index in [9.17, 15) is 39.0 Å². The SMILES string of the molecule is O=C(CCCCCC(=O)Nc1c(I)c(CN2CCCC2=O)c(I)c(C(=O)O)c1I)Nc1c(I)c(CN2CCCC2=O)c(I)c(C(=O)O)c1I. The fourth-order valence-corrected chi connectivity index (χ4v) is 14.1. The summed E-state index contributed by atoms with van der Waals surface area (Å²) in [5, 5.41) is 25.7. The lowest BCUT2D eigenvalue weighted by Gasteiger charge is -2.22. The zero-order valence-corrected chi connectivity index (χ0v) is 38.6. The topological polar surface area (TPSA) is 173 Å². The van der Waals surface area contributed by atoms with Crippen molar-refractivity contribution in [2.24, 2.45) is 0 Å². The first-order valence-corrected chi connectivity index (χ1v) is 21.6. The second-order valence-electron chi connectivity index (χ2n) is 11.4. The summed E-state index contributed by atoms with van der Waals surface area (Å²) in [6, 6.07) is 0. The lowest BCUT2D eigenvalue weighted by Crippen LogP contribution is -2.26. The number of nitrogens with one attached hydrogen (secondary N) is 2. The molecule has 0 aromatic heterocycles. The number of anilines is 2. The van der Waals surface area contributed by atoms with Crippen molar-refractivity contribution in [3.05, 3.63) is 43.7 Å². The molecule has 2 aromatic carbocycles. The lowest BCUT2D eigenvalue weighted by molar-refractivity contribution is -0.129. The number of halogens is 6. The van der Waals surface area contributed by atoms with Crippen molar-refractivity contribution in [1.29, 1.82) is 0 Å². The normalized spacial score (nSPS) is 14.5. The van der Waals surface area contributed by atoms with Crippen LogP contribution in [0.3, 0.4) is 0 Å². The molecule has 0 radical (unpaired) electrons. The number of nitrogens with zero attached hydrogens (tertiary/aromatic N) is 2. The van der Waals surface area contributed by atoms with Crippen LogP contribution in [-0.4, -0.2) is 68.7 Å². The molecule has 264 valence electrons. The van der Waals surface area contributed by atoms with Crippen molar-refractivity contribution in [2.75, 3.05) is 23.7 Å². The van der Waals surface area contributed by atoms with E-state index < -0.39 is 11.9 Å². The van der Waals surface area contributed by atoms with Crippen LogP contribution in [0.4, 0.5) is 11.4 Å². The smallest absolute Gasteiger partial charge is 0.337 e. The fourth-order valence-electron chi connectivity index (χ4n) is 5.58. The quantitative estimate of drug-likeness (QED) is 0.111. The van der Waals surface area contributed by atoms with Crippen LogP contribution in [0.15, 0.2) is 0 Å². The van der Waals surface area contributed by atoms with Crippen LogP contribution in [0, 0.1) is 21.4 Å². The van der Waals surface area contributed by atoms with E-state index in [0.717, 1.165) is 12.8 Å². The van der Waals surface area contributed by atoms with Gasteiger partial charge in [0.1, 0.15) is 0 Å². The van der Waals surface area contributed by atoms with Gasteiger partial charge in [-0.05, 0) is 161 Å². The number of aromatic carboxylic acids is 2. The molecule has 2 fully saturated rings. The maximum atomic E-state index is 13.0.